The first kappa shape index (κ1) is 17.2. The summed E-state index contributed by atoms with van der Waals surface area (Å²) in [5.41, 5.74) is 0.0314. The summed E-state index contributed by atoms with van der Waals surface area (Å²) < 4.78 is 5.02. The molecule has 1 aromatic heterocycles. The van der Waals surface area contributed by atoms with Gasteiger partial charge in [0.2, 0.25) is 5.56 Å². The predicted octanol–water partition coefficient (Wildman–Crippen LogP) is 0.602. The first-order chi connectivity index (χ1) is 9.60. The summed E-state index contributed by atoms with van der Waals surface area (Å²) in [4.78, 5) is 25.0. The number of ether oxygens (including phenoxy) is 1. The molecule has 0 saturated carbocycles. The SMILES string of the molecule is Cc1cc(=O)[nH]cc1C(O)C(O)CNC(=O)OC(C)(C)C. The van der Waals surface area contributed by atoms with Crippen LogP contribution in [0.1, 0.15) is 38.0 Å². The lowest BCUT2D eigenvalue weighted by Gasteiger charge is -2.22. The van der Waals surface area contributed by atoms with E-state index in [1.54, 1.807) is 27.7 Å². The average Bonchev–Trinajstić information content (AvgIpc) is 2.33. The van der Waals surface area contributed by atoms with Crippen LogP contribution in [0.2, 0.25) is 0 Å². The summed E-state index contributed by atoms with van der Waals surface area (Å²) in [6, 6.07) is 1.33. The Morgan fingerprint density at radius 2 is 2.05 bits per heavy atom. The Morgan fingerprint density at radius 1 is 1.43 bits per heavy atom. The minimum Gasteiger partial charge on any atom is -0.444 e. The number of aryl methyl sites for hydroxylation is 1. The number of H-pyrrole nitrogens is 1. The van der Waals surface area contributed by atoms with E-state index in [9.17, 15) is 19.8 Å². The number of pyridine rings is 1. The van der Waals surface area contributed by atoms with Gasteiger partial charge in [0.05, 0.1) is 0 Å². The maximum atomic E-state index is 11.5. The predicted molar refractivity (Wildman–Crippen MR) is 77.0 cm³/mol. The molecule has 118 valence electrons. The van der Waals surface area contributed by atoms with Gasteiger partial charge >= 0.3 is 6.09 Å². The van der Waals surface area contributed by atoms with E-state index in [-0.39, 0.29) is 12.1 Å². The van der Waals surface area contributed by atoms with E-state index in [0.29, 0.717) is 11.1 Å². The quantitative estimate of drug-likeness (QED) is 0.650. The summed E-state index contributed by atoms with van der Waals surface area (Å²) >= 11 is 0. The average molecular weight is 298 g/mol. The highest BCUT2D eigenvalue weighted by Crippen LogP contribution is 2.18. The second-order valence-electron chi connectivity index (χ2n) is 5.83. The van der Waals surface area contributed by atoms with Crippen LogP contribution in [0.4, 0.5) is 4.79 Å². The first-order valence-corrected chi connectivity index (χ1v) is 6.62. The van der Waals surface area contributed by atoms with Crippen molar-refractivity contribution in [1.29, 1.82) is 0 Å². The maximum Gasteiger partial charge on any atom is 0.407 e. The molecule has 0 aromatic carbocycles. The molecule has 1 rings (SSSR count). The van der Waals surface area contributed by atoms with Crippen LogP contribution >= 0.6 is 0 Å². The number of aliphatic hydroxyl groups excluding tert-OH is 2. The van der Waals surface area contributed by atoms with Crippen molar-refractivity contribution in [2.75, 3.05) is 6.54 Å². The fraction of sp³-hybridized carbons (Fsp3) is 0.571. The molecular formula is C14H22N2O5. The van der Waals surface area contributed by atoms with Crippen LogP contribution in [0.5, 0.6) is 0 Å². The summed E-state index contributed by atoms with van der Waals surface area (Å²) in [7, 11) is 0. The number of aromatic nitrogens is 1. The Kier molecular flexibility index (Phi) is 5.51. The Hall–Kier alpha value is -1.86. The van der Waals surface area contributed by atoms with Gasteiger partial charge in [-0.05, 0) is 33.3 Å². The molecule has 2 atom stereocenters. The van der Waals surface area contributed by atoms with Crippen molar-refractivity contribution in [2.24, 2.45) is 0 Å². The van der Waals surface area contributed by atoms with E-state index in [4.69, 9.17) is 4.74 Å². The molecular weight excluding hydrogens is 276 g/mol. The molecule has 21 heavy (non-hydrogen) atoms. The molecule has 4 N–H and O–H groups in total. The molecule has 0 aliphatic rings. The first-order valence-electron chi connectivity index (χ1n) is 6.62. The molecule has 0 saturated heterocycles. The van der Waals surface area contributed by atoms with E-state index in [1.165, 1.54) is 12.3 Å². The Balaban J connectivity index is 2.61. The lowest BCUT2D eigenvalue weighted by Crippen LogP contribution is -2.39. The third kappa shape index (κ3) is 5.57. The molecule has 0 radical (unpaired) electrons. The molecule has 7 heteroatoms. The molecule has 0 spiro atoms. The third-order valence-electron chi connectivity index (χ3n) is 2.71. The molecule has 1 heterocycles. The molecule has 0 fully saturated rings. The number of carbonyl (C=O) groups is 1. The zero-order valence-corrected chi connectivity index (χ0v) is 12.6. The zero-order valence-electron chi connectivity index (χ0n) is 12.6. The van der Waals surface area contributed by atoms with Gasteiger partial charge in [-0.1, -0.05) is 0 Å². The van der Waals surface area contributed by atoms with Gasteiger partial charge in [-0.2, -0.15) is 0 Å². The van der Waals surface area contributed by atoms with Crippen LogP contribution in [-0.4, -0.2) is 39.5 Å². The lowest BCUT2D eigenvalue weighted by molar-refractivity contribution is 0.0125. The van der Waals surface area contributed by atoms with Gasteiger partial charge in [-0.15, -0.1) is 0 Å². The third-order valence-corrected chi connectivity index (χ3v) is 2.71. The molecule has 2 unspecified atom stereocenters. The van der Waals surface area contributed by atoms with Gasteiger partial charge in [0.1, 0.15) is 17.8 Å². The summed E-state index contributed by atoms with van der Waals surface area (Å²) in [5.74, 6) is 0. The number of aliphatic hydroxyl groups is 2. The fourth-order valence-corrected chi connectivity index (χ4v) is 1.72. The number of carbonyl (C=O) groups excluding carboxylic acids is 1. The van der Waals surface area contributed by atoms with Crippen LogP contribution < -0.4 is 10.9 Å². The van der Waals surface area contributed by atoms with Crippen molar-refractivity contribution < 1.29 is 19.7 Å². The van der Waals surface area contributed by atoms with Gasteiger partial charge in [-0.3, -0.25) is 4.79 Å². The van der Waals surface area contributed by atoms with Gasteiger partial charge in [0.25, 0.3) is 0 Å². The van der Waals surface area contributed by atoms with Crippen molar-refractivity contribution in [3.8, 4) is 0 Å². The highest BCUT2D eigenvalue weighted by Gasteiger charge is 2.22. The topological polar surface area (TPSA) is 112 Å². The number of hydrogen-bond acceptors (Lipinski definition) is 5. The molecule has 0 aliphatic heterocycles. The van der Waals surface area contributed by atoms with E-state index in [0.717, 1.165) is 0 Å². The summed E-state index contributed by atoms with van der Waals surface area (Å²) in [6.45, 7) is 6.65. The standard InChI is InChI=1S/C14H22N2O5/c1-8-5-11(18)15-6-9(8)12(19)10(17)7-16-13(20)21-14(2,3)4/h5-6,10,12,17,19H,7H2,1-4H3,(H,15,18)(H,16,20). The minimum atomic E-state index is -1.23. The number of hydrogen-bond donors (Lipinski definition) is 4. The largest absolute Gasteiger partial charge is 0.444 e. The van der Waals surface area contributed by atoms with Crippen LogP contribution in [-0.2, 0) is 4.74 Å². The van der Waals surface area contributed by atoms with Crippen molar-refractivity contribution in [2.45, 2.75) is 45.5 Å². The Labute approximate surface area is 123 Å². The van der Waals surface area contributed by atoms with Crippen molar-refractivity contribution in [3.63, 3.8) is 0 Å². The highest BCUT2D eigenvalue weighted by atomic mass is 16.6. The maximum absolute atomic E-state index is 11.5. The molecule has 1 aromatic rings. The van der Waals surface area contributed by atoms with Crippen molar-refractivity contribution in [1.82, 2.24) is 10.3 Å². The van der Waals surface area contributed by atoms with E-state index >= 15 is 0 Å². The zero-order chi connectivity index (χ0) is 16.2. The van der Waals surface area contributed by atoms with Crippen LogP contribution in [0.3, 0.4) is 0 Å². The normalized spacial score (nSPS) is 14.4. The van der Waals surface area contributed by atoms with Gasteiger partial charge in [0, 0.05) is 24.4 Å². The number of nitrogens with one attached hydrogen (secondary N) is 2. The second kappa shape index (κ2) is 6.73. The van der Waals surface area contributed by atoms with Crippen molar-refractivity contribution >= 4 is 6.09 Å². The number of amides is 1. The molecule has 7 nitrogen and oxygen atoms in total. The number of alkyl carbamates (subject to hydrolysis) is 1. The van der Waals surface area contributed by atoms with Gasteiger partial charge < -0.3 is 25.3 Å². The second-order valence-corrected chi connectivity index (χ2v) is 5.83. The van der Waals surface area contributed by atoms with E-state index < -0.39 is 23.9 Å². The molecule has 0 bridgehead atoms. The lowest BCUT2D eigenvalue weighted by atomic mass is 10.0. The Morgan fingerprint density at radius 3 is 2.57 bits per heavy atom. The summed E-state index contributed by atoms with van der Waals surface area (Å²) in [5, 5.41) is 22.3. The minimum absolute atomic E-state index is 0.172. The Bertz CT molecular complexity index is 547. The molecule has 0 aliphatic carbocycles. The number of aromatic amines is 1. The molecule has 1 amide bonds. The van der Waals surface area contributed by atoms with Crippen LogP contribution in [0.15, 0.2) is 17.1 Å². The monoisotopic (exact) mass is 298 g/mol. The smallest absolute Gasteiger partial charge is 0.407 e. The fourth-order valence-electron chi connectivity index (χ4n) is 1.72. The van der Waals surface area contributed by atoms with E-state index in [1.807, 2.05) is 0 Å². The van der Waals surface area contributed by atoms with Crippen molar-refractivity contribution in [3.05, 3.63) is 33.7 Å². The van der Waals surface area contributed by atoms with E-state index in [2.05, 4.69) is 10.3 Å². The number of rotatable bonds is 4. The van der Waals surface area contributed by atoms with Crippen LogP contribution in [0, 0.1) is 6.92 Å². The van der Waals surface area contributed by atoms with Gasteiger partial charge in [-0.25, -0.2) is 4.79 Å². The van der Waals surface area contributed by atoms with Crippen LogP contribution in [0.25, 0.3) is 0 Å². The highest BCUT2D eigenvalue weighted by molar-refractivity contribution is 5.67. The van der Waals surface area contributed by atoms with Gasteiger partial charge in [0.15, 0.2) is 0 Å². The summed E-state index contributed by atoms with van der Waals surface area (Å²) in [6.07, 6.45) is -1.77.